The maximum atomic E-state index is 12.5. The molecule has 0 fully saturated rings. The SMILES string of the molecule is COc1cccc(C(=O)NC2=C/C(=N\N(C)c3ccccc3)C(=N)C=C2)c1. The second-order valence-electron chi connectivity index (χ2n) is 5.88. The van der Waals surface area contributed by atoms with Gasteiger partial charge in [0.05, 0.1) is 18.5 Å². The summed E-state index contributed by atoms with van der Waals surface area (Å²) in [5.74, 6) is 0.360. The Morgan fingerprint density at radius 3 is 2.63 bits per heavy atom. The number of para-hydroxylation sites is 1. The zero-order valence-electron chi connectivity index (χ0n) is 15.1. The Morgan fingerprint density at radius 1 is 1.11 bits per heavy atom. The van der Waals surface area contributed by atoms with E-state index in [1.807, 2.05) is 37.4 Å². The molecule has 1 aliphatic rings. The van der Waals surface area contributed by atoms with Crippen molar-refractivity contribution >= 4 is 23.0 Å². The summed E-state index contributed by atoms with van der Waals surface area (Å²) in [4.78, 5) is 12.5. The number of amides is 1. The zero-order valence-corrected chi connectivity index (χ0v) is 15.1. The maximum Gasteiger partial charge on any atom is 0.255 e. The van der Waals surface area contributed by atoms with Crippen LogP contribution in [0.15, 0.2) is 83.6 Å². The van der Waals surface area contributed by atoms with Gasteiger partial charge in [0.1, 0.15) is 11.5 Å². The first kappa shape index (κ1) is 18.1. The molecule has 3 rings (SSSR count). The molecule has 1 aliphatic carbocycles. The van der Waals surface area contributed by atoms with E-state index in [0.29, 0.717) is 22.7 Å². The molecular formula is C21H20N4O2. The number of ether oxygens (including phenoxy) is 1. The number of methoxy groups -OCH3 is 1. The number of hydrazone groups is 1. The lowest BCUT2D eigenvalue weighted by atomic mass is 10.1. The van der Waals surface area contributed by atoms with Gasteiger partial charge in [0, 0.05) is 18.3 Å². The number of nitrogens with zero attached hydrogens (tertiary/aromatic N) is 2. The summed E-state index contributed by atoms with van der Waals surface area (Å²) in [5, 5.41) is 17.1. The molecule has 1 amide bonds. The largest absolute Gasteiger partial charge is 0.497 e. The molecule has 2 aromatic carbocycles. The van der Waals surface area contributed by atoms with E-state index in [1.54, 1.807) is 54.6 Å². The molecule has 0 saturated heterocycles. The second kappa shape index (κ2) is 8.14. The Balaban J connectivity index is 1.78. The molecule has 136 valence electrons. The van der Waals surface area contributed by atoms with Crippen molar-refractivity contribution in [2.45, 2.75) is 0 Å². The van der Waals surface area contributed by atoms with Crippen LogP contribution >= 0.6 is 0 Å². The van der Waals surface area contributed by atoms with Crippen molar-refractivity contribution in [3.63, 3.8) is 0 Å². The van der Waals surface area contributed by atoms with Crippen LogP contribution in [0.5, 0.6) is 5.75 Å². The van der Waals surface area contributed by atoms with E-state index in [0.717, 1.165) is 5.69 Å². The smallest absolute Gasteiger partial charge is 0.255 e. The first-order valence-corrected chi connectivity index (χ1v) is 8.38. The molecule has 0 bridgehead atoms. The van der Waals surface area contributed by atoms with Crippen molar-refractivity contribution in [2.24, 2.45) is 5.10 Å². The van der Waals surface area contributed by atoms with Crippen LogP contribution in [-0.4, -0.2) is 31.5 Å². The molecule has 2 aromatic rings. The third kappa shape index (κ3) is 4.49. The number of nitrogens with one attached hydrogen (secondary N) is 2. The normalized spacial score (nSPS) is 14.7. The van der Waals surface area contributed by atoms with Crippen molar-refractivity contribution in [3.05, 3.63) is 84.1 Å². The molecule has 0 spiro atoms. The van der Waals surface area contributed by atoms with Crippen LogP contribution in [0.3, 0.4) is 0 Å². The van der Waals surface area contributed by atoms with Crippen LogP contribution in [0, 0.1) is 5.41 Å². The van der Waals surface area contributed by atoms with Crippen molar-refractivity contribution in [3.8, 4) is 5.75 Å². The summed E-state index contributed by atoms with van der Waals surface area (Å²) in [6.45, 7) is 0. The summed E-state index contributed by atoms with van der Waals surface area (Å²) in [6.07, 6.45) is 4.97. The predicted molar refractivity (Wildman–Crippen MR) is 108 cm³/mol. The average molecular weight is 360 g/mol. The first-order valence-electron chi connectivity index (χ1n) is 8.38. The van der Waals surface area contributed by atoms with Gasteiger partial charge in [-0.2, -0.15) is 5.10 Å². The fraction of sp³-hybridized carbons (Fsp3) is 0.0952. The standard InChI is InChI=1S/C21H20N4O2/c1-25(17-8-4-3-5-9-17)24-20-14-16(11-12-19(20)22)23-21(26)15-7-6-10-18(13-15)27-2/h3-14,22H,1-2H3,(H,23,26)/b22-19?,24-20+. The van der Waals surface area contributed by atoms with Gasteiger partial charge >= 0.3 is 0 Å². The lowest BCUT2D eigenvalue weighted by molar-refractivity contribution is 0.0967. The number of carbonyl (C=O) groups excluding carboxylic acids is 1. The van der Waals surface area contributed by atoms with Gasteiger partial charge in [-0.15, -0.1) is 0 Å². The van der Waals surface area contributed by atoms with E-state index in [4.69, 9.17) is 10.1 Å². The van der Waals surface area contributed by atoms with Crippen LogP contribution in [-0.2, 0) is 0 Å². The second-order valence-corrected chi connectivity index (χ2v) is 5.88. The Hall–Kier alpha value is -3.67. The van der Waals surface area contributed by atoms with Crippen molar-refractivity contribution < 1.29 is 9.53 Å². The van der Waals surface area contributed by atoms with E-state index >= 15 is 0 Å². The molecule has 6 nitrogen and oxygen atoms in total. The summed E-state index contributed by atoms with van der Waals surface area (Å²) >= 11 is 0. The monoisotopic (exact) mass is 360 g/mol. The summed E-state index contributed by atoms with van der Waals surface area (Å²) in [7, 11) is 3.37. The molecule has 0 heterocycles. The molecule has 0 aliphatic heterocycles. The number of hydrogen-bond donors (Lipinski definition) is 2. The highest BCUT2D eigenvalue weighted by Crippen LogP contribution is 2.15. The van der Waals surface area contributed by atoms with E-state index in [2.05, 4.69) is 10.4 Å². The fourth-order valence-electron chi connectivity index (χ4n) is 2.52. The molecule has 6 heteroatoms. The first-order chi connectivity index (χ1) is 13.1. The van der Waals surface area contributed by atoms with Crippen LogP contribution in [0.25, 0.3) is 0 Å². The lowest BCUT2D eigenvalue weighted by Gasteiger charge is -2.17. The fourth-order valence-corrected chi connectivity index (χ4v) is 2.52. The van der Waals surface area contributed by atoms with Gasteiger partial charge in [-0.05, 0) is 48.6 Å². The molecule has 2 N–H and O–H groups in total. The highest BCUT2D eigenvalue weighted by molar-refractivity contribution is 6.50. The Bertz CT molecular complexity index is 946. The van der Waals surface area contributed by atoms with Gasteiger partial charge in [0.15, 0.2) is 0 Å². The quantitative estimate of drug-likeness (QED) is 0.634. The summed E-state index contributed by atoms with van der Waals surface area (Å²) < 4.78 is 5.15. The van der Waals surface area contributed by atoms with Gasteiger partial charge in [-0.1, -0.05) is 24.3 Å². The highest BCUT2D eigenvalue weighted by atomic mass is 16.5. The van der Waals surface area contributed by atoms with Gasteiger partial charge in [-0.3, -0.25) is 15.2 Å². The van der Waals surface area contributed by atoms with E-state index < -0.39 is 0 Å². The average Bonchev–Trinajstić information content (AvgIpc) is 2.71. The zero-order chi connectivity index (χ0) is 19.2. The third-order valence-corrected chi connectivity index (χ3v) is 3.98. The molecule has 0 saturated carbocycles. The van der Waals surface area contributed by atoms with Crippen LogP contribution in [0.4, 0.5) is 5.69 Å². The van der Waals surface area contributed by atoms with E-state index in [-0.39, 0.29) is 11.6 Å². The van der Waals surface area contributed by atoms with Crippen LogP contribution < -0.4 is 15.1 Å². The van der Waals surface area contributed by atoms with Crippen molar-refractivity contribution in [1.29, 1.82) is 5.41 Å². The van der Waals surface area contributed by atoms with E-state index in [9.17, 15) is 4.79 Å². The van der Waals surface area contributed by atoms with Crippen LogP contribution in [0.1, 0.15) is 10.4 Å². The number of anilines is 1. The summed E-state index contributed by atoms with van der Waals surface area (Å²) in [6, 6.07) is 16.6. The molecule has 27 heavy (non-hydrogen) atoms. The summed E-state index contributed by atoms with van der Waals surface area (Å²) in [5.41, 5.74) is 2.70. The molecule has 0 radical (unpaired) electrons. The molecule has 0 atom stereocenters. The lowest BCUT2D eigenvalue weighted by Crippen LogP contribution is -2.26. The van der Waals surface area contributed by atoms with Gasteiger partial charge in [-0.25, -0.2) is 0 Å². The van der Waals surface area contributed by atoms with Gasteiger partial charge < -0.3 is 10.1 Å². The van der Waals surface area contributed by atoms with Crippen molar-refractivity contribution in [2.75, 3.05) is 19.2 Å². The minimum absolute atomic E-state index is 0.256. The van der Waals surface area contributed by atoms with Gasteiger partial charge in [0.25, 0.3) is 5.91 Å². The minimum atomic E-state index is -0.256. The number of rotatable bonds is 5. The van der Waals surface area contributed by atoms with E-state index in [1.165, 1.54) is 0 Å². The minimum Gasteiger partial charge on any atom is -0.497 e. The topological polar surface area (TPSA) is 77.8 Å². The molecule has 0 unspecified atom stereocenters. The number of allylic oxidation sites excluding steroid dienone is 3. The highest BCUT2D eigenvalue weighted by Gasteiger charge is 2.14. The maximum absolute atomic E-state index is 12.5. The van der Waals surface area contributed by atoms with Crippen LogP contribution in [0.2, 0.25) is 0 Å². The predicted octanol–water partition coefficient (Wildman–Crippen LogP) is 3.39. The van der Waals surface area contributed by atoms with Crippen molar-refractivity contribution in [1.82, 2.24) is 5.32 Å². The molecule has 0 aromatic heterocycles. The number of benzene rings is 2. The Kier molecular flexibility index (Phi) is 5.47. The Labute approximate surface area is 158 Å². The molecular weight excluding hydrogens is 340 g/mol. The number of hydrogen-bond acceptors (Lipinski definition) is 5. The third-order valence-electron chi connectivity index (χ3n) is 3.98. The number of carbonyl (C=O) groups is 1. The van der Waals surface area contributed by atoms with Gasteiger partial charge in [0.2, 0.25) is 0 Å². The Morgan fingerprint density at radius 2 is 1.89 bits per heavy atom.